The number of rotatable bonds is 7. The summed E-state index contributed by atoms with van der Waals surface area (Å²) >= 11 is 5.38. The molecule has 1 aromatic rings. The Hall–Kier alpha value is -1.60. The SMILES string of the molecule is O=C(NCCOCCCl)c1ccc([N+](=O)[O-])o1. The van der Waals surface area contributed by atoms with Crippen molar-refractivity contribution in [2.24, 2.45) is 0 Å². The summed E-state index contributed by atoms with van der Waals surface area (Å²) < 4.78 is 9.74. The minimum Gasteiger partial charge on any atom is -0.395 e. The van der Waals surface area contributed by atoms with Gasteiger partial charge in [-0.2, -0.15) is 0 Å². The average Bonchev–Trinajstić information content (AvgIpc) is 2.78. The second-order valence-electron chi connectivity index (χ2n) is 2.95. The lowest BCUT2D eigenvalue weighted by Gasteiger charge is -2.03. The summed E-state index contributed by atoms with van der Waals surface area (Å²) in [4.78, 5) is 21.0. The van der Waals surface area contributed by atoms with Gasteiger partial charge < -0.3 is 14.5 Å². The summed E-state index contributed by atoms with van der Waals surface area (Å²) in [5.41, 5.74) is 0. The van der Waals surface area contributed by atoms with Gasteiger partial charge in [-0.1, -0.05) is 0 Å². The Kier molecular flexibility index (Phi) is 5.44. The van der Waals surface area contributed by atoms with E-state index in [1.54, 1.807) is 0 Å². The van der Waals surface area contributed by atoms with Gasteiger partial charge >= 0.3 is 5.88 Å². The number of nitrogens with zero attached hydrogens (tertiary/aromatic N) is 1. The number of nitrogens with one attached hydrogen (secondary N) is 1. The first kappa shape index (κ1) is 13.5. The van der Waals surface area contributed by atoms with Crippen molar-refractivity contribution in [3.8, 4) is 0 Å². The van der Waals surface area contributed by atoms with E-state index in [1.807, 2.05) is 0 Å². The van der Waals surface area contributed by atoms with E-state index in [9.17, 15) is 14.9 Å². The molecular weight excluding hydrogens is 252 g/mol. The topological polar surface area (TPSA) is 94.6 Å². The highest BCUT2D eigenvalue weighted by Gasteiger charge is 2.16. The van der Waals surface area contributed by atoms with E-state index in [2.05, 4.69) is 5.32 Å². The summed E-state index contributed by atoms with van der Waals surface area (Å²) in [6.45, 7) is 1.01. The van der Waals surface area contributed by atoms with E-state index in [0.717, 1.165) is 6.07 Å². The zero-order valence-electron chi connectivity index (χ0n) is 8.85. The lowest BCUT2D eigenvalue weighted by molar-refractivity contribution is -0.402. The largest absolute Gasteiger partial charge is 0.433 e. The molecule has 0 fully saturated rings. The molecule has 1 N–H and O–H groups in total. The number of amides is 1. The fraction of sp³-hybridized carbons (Fsp3) is 0.444. The summed E-state index contributed by atoms with van der Waals surface area (Å²) in [7, 11) is 0. The molecule has 94 valence electrons. The lowest BCUT2D eigenvalue weighted by atomic mass is 10.4. The number of carbonyl (C=O) groups is 1. The first-order valence-electron chi connectivity index (χ1n) is 4.81. The third kappa shape index (κ3) is 4.41. The second-order valence-corrected chi connectivity index (χ2v) is 3.33. The number of nitro groups is 1. The molecule has 8 heteroatoms. The van der Waals surface area contributed by atoms with E-state index >= 15 is 0 Å². The van der Waals surface area contributed by atoms with Crippen LogP contribution < -0.4 is 5.32 Å². The maximum Gasteiger partial charge on any atom is 0.433 e. The van der Waals surface area contributed by atoms with Crippen molar-refractivity contribution in [1.29, 1.82) is 0 Å². The molecule has 0 bridgehead atoms. The van der Waals surface area contributed by atoms with Gasteiger partial charge in [-0.25, -0.2) is 0 Å². The Labute approximate surface area is 102 Å². The smallest absolute Gasteiger partial charge is 0.395 e. The van der Waals surface area contributed by atoms with Crippen LogP contribution in [0.2, 0.25) is 0 Å². The number of alkyl halides is 1. The van der Waals surface area contributed by atoms with Crippen LogP contribution in [0.25, 0.3) is 0 Å². The van der Waals surface area contributed by atoms with Crippen LogP contribution in [-0.4, -0.2) is 36.5 Å². The lowest BCUT2D eigenvalue weighted by Crippen LogP contribution is -2.27. The third-order valence-electron chi connectivity index (χ3n) is 1.75. The van der Waals surface area contributed by atoms with Crippen LogP contribution in [0.5, 0.6) is 0 Å². The van der Waals surface area contributed by atoms with Crippen LogP contribution in [0.4, 0.5) is 5.88 Å². The van der Waals surface area contributed by atoms with Crippen LogP contribution >= 0.6 is 11.6 Å². The Balaban J connectivity index is 2.34. The highest BCUT2D eigenvalue weighted by molar-refractivity contribution is 6.17. The molecule has 0 saturated carbocycles. The van der Waals surface area contributed by atoms with Crippen LogP contribution in [0, 0.1) is 10.1 Å². The first-order chi connectivity index (χ1) is 8.15. The fourth-order valence-electron chi connectivity index (χ4n) is 1.03. The number of furan rings is 1. The molecule has 0 unspecified atom stereocenters. The Morgan fingerprint density at radius 3 is 2.88 bits per heavy atom. The summed E-state index contributed by atoms with van der Waals surface area (Å²) in [6.07, 6.45) is 0. The summed E-state index contributed by atoms with van der Waals surface area (Å²) in [6, 6.07) is 2.37. The average molecular weight is 263 g/mol. The number of hydrogen-bond acceptors (Lipinski definition) is 5. The molecule has 0 aliphatic heterocycles. The van der Waals surface area contributed by atoms with Crippen LogP contribution in [0.15, 0.2) is 16.5 Å². The van der Waals surface area contributed by atoms with Gasteiger partial charge in [0.1, 0.15) is 4.92 Å². The van der Waals surface area contributed by atoms with Gasteiger partial charge in [0.25, 0.3) is 5.91 Å². The predicted octanol–water partition coefficient (Wildman–Crippen LogP) is 1.17. The quantitative estimate of drug-likeness (QED) is 0.344. The van der Waals surface area contributed by atoms with E-state index in [1.165, 1.54) is 6.07 Å². The Morgan fingerprint density at radius 2 is 2.29 bits per heavy atom. The van der Waals surface area contributed by atoms with Gasteiger partial charge in [-0.05, 0) is 6.07 Å². The summed E-state index contributed by atoms with van der Waals surface area (Å²) in [5.74, 6) is -0.701. The molecule has 0 aromatic carbocycles. The van der Waals surface area contributed by atoms with Crippen molar-refractivity contribution in [1.82, 2.24) is 5.32 Å². The van der Waals surface area contributed by atoms with Crippen LogP contribution in [-0.2, 0) is 4.74 Å². The maximum absolute atomic E-state index is 11.4. The number of hydrogen-bond donors (Lipinski definition) is 1. The molecule has 17 heavy (non-hydrogen) atoms. The molecule has 1 amide bonds. The molecule has 0 aliphatic carbocycles. The van der Waals surface area contributed by atoms with Crippen molar-refractivity contribution < 1.29 is 18.9 Å². The molecule has 0 radical (unpaired) electrons. The van der Waals surface area contributed by atoms with Crippen molar-refractivity contribution >= 4 is 23.4 Å². The molecular formula is C9H11ClN2O5. The van der Waals surface area contributed by atoms with Gasteiger partial charge in [-0.3, -0.25) is 14.9 Å². The molecule has 0 saturated heterocycles. The normalized spacial score (nSPS) is 10.2. The minimum absolute atomic E-state index is 0.103. The molecule has 0 spiro atoms. The van der Waals surface area contributed by atoms with Crippen LogP contribution in [0.3, 0.4) is 0 Å². The Bertz CT molecular complexity index is 392. The molecule has 1 rings (SSSR count). The first-order valence-corrected chi connectivity index (χ1v) is 5.34. The predicted molar refractivity (Wildman–Crippen MR) is 59.2 cm³/mol. The third-order valence-corrected chi connectivity index (χ3v) is 1.90. The van der Waals surface area contributed by atoms with E-state index in [-0.39, 0.29) is 12.3 Å². The number of halogens is 1. The highest BCUT2D eigenvalue weighted by atomic mass is 35.5. The van der Waals surface area contributed by atoms with E-state index in [0.29, 0.717) is 19.1 Å². The van der Waals surface area contributed by atoms with Crippen molar-refractivity contribution in [3.63, 3.8) is 0 Å². The highest BCUT2D eigenvalue weighted by Crippen LogP contribution is 2.15. The van der Waals surface area contributed by atoms with E-state index < -0.39 is 16.7 Å². The van der Waals surface area contributed by atoms with Crippen molar-refractivity contribution in [2.45, 2.75) is 0 Å². The van der Waals surface area contributed by atoms with Gasteiger partial charge in [0.05, 0.1) is 19.3 Å². The zero-order chi connectivity index (χ0) is 12.7. The van der Waals surface area contributed by atoms with Crippen LogP contribution in [0.1, 0.15) is 10.6 Å². The Morgan fingerprint density at radius 1 is 1.53 bits per heavy atom. The standard InChI is InChI=1S/C9H11ClN2O5/c10-3-5-16-6-4-11-9(13)7-1-2-8(17-7)12(14)15/h1-2H,3-6H2,(H,11,13). The fourth-order valence-corrected chi connectivity index (χ4v) is 1.14. The molecule has 0 aliphatic rings. The van der Waals surface area contributed by atoms with Crippen molar-refractivity contribution in [2.75, 3.05) is 25.6 Å². The number of carbonyl (C=O) groups excluding carboxylic acids is 1. The van der Waals surface area contributed by atoms with Gasteiger partial charge in [0.15, 0.2) is 5.76 Å². The van der Waals surface area contributed by atoms with Gasteiger partial charge in [-0.15, -0.1) is 11.6 Å². The molecule has 0 atom stereocenters. The zero-order valence-corrected chi connectivity index (χ0v) is 9.61. The maximum atomic E-state index is 11.4. The summed E-state index contributed by atoms with van der Waals surface area (Å²) in [5, 5.41) is 12.8. The molecule has 7 nitrogen and oxygen atoms in total. The molecule has 1 aromatic heterocycles. The number of ether oxygens (including phenoxy) is 1. The van der Waals surface area contributed by atoms with E-state index in [4.69, 9.17) is 20.8 Å². The van der Waals surface area contributed by atoms with Gasteiger partial charge in [0, 0.05) is 12.4 Å². The van der Waals surface area contributed by atoms with Crippen molar-refractivity contribution in [3.05, 3.63) is 28.0 Å². The second kappa shape index (κ2) is 6.87. The monoisotopic (exact) mass is 262 g/mol. The van der Waals surface area contributed by atoms with Gasteiger partial charge in [0.2, 0.25) is 0 Å². The molecule has 1 heterocycles. The minimum atomic E-state index is -0.708.